The van der Waals surface area contributed by atoms with Gasteiger partial charge in [-0.05, 0) is 0 Å². The van der Waals surface area contributed by atoms with Crippen LogP contribution in [0.5, 0.6) is 5.06 Å². The molecular weight excluding hydrogens is 158 g/mol. The smallest absolute Gasteiger partial charge is 0.212 e. The van der Waals surface area contributed by atoms with Gasteiger partial charge in [-0.3, -0.25) is 0 Å². The van der Waals surface area contributed by atoms with Gasteiger partial charge in [-0.2, -0.15) is 4.37 Å². The summed E-state index contributed by atoms with van der Waals surface area (Å²) in [6, 6.07) is 1.67. The largest absolute Gasteiger partial charge is 0.388 e. The average Bonchev–Trinajstić information content (AvgIpc) is 2.15. The zero-order valence-corrected chi connectivity index (χ0v) is 6.37. The summed E-state index contributed by atoms with van der Waals surface area (Å²) in [4.78, 5) is 0. The number of rotatable bonds is 2. The minimum atomic E-state index is -1.22. The van der Waals surface area contributed by atoms with Gasteiger partial charge in [0.2, 0.25) is 16.1 Å². The van der Waals surface area contributed by atoms with Gasteiger partial charge in [-0.1, -0.05) is 0 Å². The van der Waals surface area contributed by atoms with Crippen LogP contribution >= 0.6 is 11.5 Å². The molecule has 0 fully saturated rings. The molecule has 1 unspecified atom stereocenters. The van der Waals surface area contributed by atoms with Crippen molar-refractivity contribution in [3.05, 3.63) is 12.3 Å². The van der Waals surface area contributed by atoms with Gasteiger partial charge in [-0.15, -0.1) is 0 Å². The van der Waals surface area contributed by atoms with E-state index in [1.54, 1.807) is 12.3 Å². The molecule has 1 aromatic heterocycles. The molecule has 9 heavy (non-hydrogen) atoms. The summed E-state index contributed by atoms with van der Waals surface area (Å²) >= 11 is -0.0385. The molecule has 1 heterocycles. The maximum atomic E-state index is 10.4. The molecule has 0 aliphatic heterocycles. The van der Waals surface area contributed by atoms with Crippen molar-refractivity contribution in [2.45, 2.75) is 0 Å². The molecule has 0 saturated carbocycles. The minimum Gasteiger partial charge on any atom is -0.388 e. The molecule has 1 rings (SSSR count). The quantitative estimate of drug-likeness (QED) is 0.647. The van der Waals surface area contributed by atoms with Crippen molar-refractivity contribution in [2.75, 3.05) is 6.26 Å². The van der Waals surface area contributed by atoms with Crippen molar-refractivity contribution in [1.29, 1.82) is 0 Å². The van der Waals surface area contributed by atoms with Crippen LogP contribution in [0.1, 0.15) is 0 Å². The van der Waals surface area contributed by atoms with Crippen LogP contribution in [0.25, 0.3) is 0 Å². The Labute approximate surface area is 59.5 Å². The molecule has 0 bridgehead atoms. The summed E-state index contributed by atoms with van der Waals surface area (Å²) in [7, 11) is 0. The summed E-state index contributed by atoms with van der Waals surface area (Å²) in [6.45, 7) is 0. The van der Waals surface area contributed by atoms with E-state index in [2.05, 4.69) is 4.37 Å². The predicted molar refractivity (Wildman–Crippen MR) is 36.8 cm³/mol. The predicted octanol–water partition coefficient (Wildman–Crippen LogP) is 0.815. The highest BCUT2D eigenvalue weighted by Crippen LogP contribution is 2.14. The van der Waals surface area contributed by atoms with Crippen LogP contribution < -0.4 is 4.18 Å². The van der Waals surface area contributed by atoms with E-state index in [-0.39, 0.29) is 0 Å². The Morgan fingerprint density at radius 1 is 1.89 bits per heavy atom. The second kappa shape index (κ2) is 2.93. The maximum Gasteiger partial charge on any atom is 0.212 e. The first-order valence-electron chi connectivity index (χ1n) is 2.21. The first-order chi connectivity index (χ1) is 4.29. The molecular formula is C4H5NO2S2. The molecule has 50 valence electrons. The summed E-state index contributed by atoms with van der Waals surface area (Å²) in [5, 5.41) is 0.593. The van der Waals surface area contributed by atoms with Crippen LogP contribution in [0.2, 0.25) is 0 Å². The standard InChI is InChI=1S/C4H5NO2S2/c1-9(6)7-4-2-3-5-8-4/h2-3H,1H3. The number of nitrogens with zero attached hydrogens (tertiary/aromatic N) is 1. The highest BCUT2D eigenvalue weighted by Gasteiger charge is 1.95. The lowest BCUT2D eigenvalue weighted by molar-refractivity contribution is 0.578. The summed E-state index contributed by atoms with van der Waals surface area (Å²) in [5.41, 5.74) is 0. The number of aromatic nitrogens is 1. The molecule has 5 heteroatoms. The van der Waals surface area contributed by atoms with Crippen LogP contribution in [0.3, 0.4) is 0 Å². The third-order valence-electron chi connectivity index (χ3n) is 0.614. The van der Waals surface area contributed by atoms with Crippen molar-refractivity contribution < 1.29 is 8.39 Å². The van der Waals surface area contributed by atoms with E-state index in [4.69, 9.17) is 4.18 Å². The minimum absolute atomic E-state index is 0.593. The Bertz CT molecular complexity index is 196. The topological polar surface area (TPSA) is 39.2 Å². The Morgan fingerprint density at radius 3 is 3.11 bits per heavy atom. The van der Waals surface area contributed by atoms with Gasteiger partial charge in [0.15, 0.2) is 0 Å². The maximum absolute atomic E-state index is 10.4. The van der Waals surface area contributed by atoms with Crippen molar-refractivity contribution in [3.8, 4) is 5.06 Å². The number of hydrogen-bond acceptors (Lipinski definition) is 4. The van der Waals surface area contributed by atoms with Gasteiger partial charge in [0, 0.05) is 30.1 Å². The molecule has 0 aromatic carbocycles. The zero-order valence-electron chi connectivity index (χ0n) is 4.73. The molecule has 1 aromatic rings. The SMILES string of the molecule is CS(=O)Oc1ccns1. The van der Waals surface area contributed by atoms with E-state index in [1.807, 2.05) is 0 Å². The Morgan fingerprint density at radius 2 is 2.67 bits per heavy atom. The lowest BCUT2D eigenvalue weighted by Crippen LogP contribution is -1.93. The molecule has 0 aliphatic carbocycles. The van der Waals surface area contributed by atoms with Gasteiger partial charge in [0.1, 0.15) is 0 Å². The van der Waals surface area contributed by atoms with Gasteiger partial charge >= 0.3 is 0 Å². The second-order valence-corrected chi connectivity index (χ2v) is 3.08. The van der Waals surface area contributed by atoms with Crippen molar-refractivity contribution in [2.24, 2.45) is 0 Å². The van der Waals surface area contributed by atoms with Crippen LogP contribution in [-0.4, -0.2) is 14.8 Å². The average molecular weight is 163 g/mol. The Hall–Kier alpha value is -0.420. The zero-order chi connectivity index (χ0) is 6.69. The Kier molecular flexibility index (Phi) is 2.18. The Balaban J connectivity index is 2.58. The third kappa shape index (κ3) is 2.11. The molecule has 0 amide bonds. The third-order valence-corrected chi connectivity index (χ3v) is 1.76. The van der Waals surface area contributed by atoms with E-state index in [0.29, 0.717) is 5.06 Å². The van der Waals surface area contributed by atoms with Gasteiger partial charge in [-0.25, -0.2) is 4.21 Å². The van der Waals surface area contributed by atoms with E-state index in [1.165, 1.54) is 17.8 Å². The normalized spacial score (nSPS) is 13.0. The lowest BCUT2D eigenvalue weighted by Gasteiger charge is -1.91. The second-order valence-electron chi connectivity index (χ2n) is 1.32. The van der Waals surface area contributed by atoms with Crippen LogP contribution in [0, 0.1) is 0 Å². The molecule has 0 N–H and O–H groups in total. The van der Waals surface area contributed by atoms with Crippen molar-refractivity contribution in [1.82, 2.24) is 4.37 Å². The van der Waals surface area contributed by atoms with Crippen LogP contribution in [0.4, 0.5) is 0 Å². The summed E-state index contributed by atoms with van der Waals surface area (Å²) < 4.78 is 18.9. The number of hydrogen-bond donors (Lipinski definition) is 0. The fraction of sp³-hybridized carbons (Fsp3) is 0.250. The van der Waals surface area contributed by atoms with Crippen LogP contribution in [0.15, 0.2) is 12.3 Å². The molecule has 0 aliphatic rings. The van der Waals surface area contributed by atoms with Gasteiger partial charge in [0.05, 0.1) is 0 Å². The van der Waals surface area contributed by atoms with Crippen molar-refractivity contribution in [3.63, 3.8) is 0 Å². The van der Waals surface area contributed by atoms with E-state index in [0.717, 1.165) is 0 Å². The molecule has 1 atom stereocenters. The molecule has 0 saturated heterocycles. The molecule has 3 nitrogen and oxygen atoms in total. The molecule has 0 radical (unpaired) electrons. The molecule has 0 spiro atoms. The van der Waals surface area contributed by atoms with E-state index >= 15 is 0 Å². The highest BCUT2D eigenvalue weighted by atomic mass is 32.2. The van der Waals surface area contributed by atoms with E-state index in [9.17, 15) is 4.21 Å². The fourth-order valence-electron chi connectivity index (χ4n) is 0.363. The summed E-state index contributed by atoms with van der Waals surface area (Å²) in [5.74, 6) is 0. The monoisotopic (exact) mass is 163 g/mol. The summed E-state index contributed by atoms with van der Waals surface area (Å²) in [6.07, 6.45) is 3.08. The van der Waals surface area contributed by atoms with Crippen molar-refractivity contribution >= 4 is 22.6 Å². The van der Waals surface area contributed by atoms with Crippen LogP contribution in [-0.2, 0) is 11.1 Å². The fourth-order valence-corrected chi connectivity index (χ4v) is 1.41. The van der Waals surface area contributed by atoms with E-state index < -0.39 is 11.1 Å². The first kappa shape index (κ1) is 6.70. The van der Waals surface area contributed by atoms with Gasteiger partial charge in [0.25, 0.3) is 0 Å². The van der Waals surface area contributed by atoms with Gasteiger partial charge < -0.3 is 4.18 Å². The lowest BCUT2D eigenvalue weighted by atomic mass is 10.7. The first-order valence-corrected chi connectivity index (χ1v) is 4.47. The highest BCUT2D eigenvalue weighted by molar-refractivity contribution is 7.79.